The summed E-state index contributed by atoms with van der Waals surface area (Å²) in [5.41, 5.74) is 1.11. The molecule has 1 aromatic heterocycles. The molecule has 2 aromatic carbocycles. The first kappa shape index (κ1) is 34.8. The van der Waals surface area contributed by atoms with Crippen molar-refractivity contribution in [2.75, 3.05) is 32.2 Å². The molecule has 3 aromatic rings. The number of hydrogen-bond donors (Lipinski definition) is 4. The van der Waals surface area contributed by atoms with E-state index in [1.807, 2.05) is 42.4 Å². The monoisotopic (exact) mass is 683 g/mol. The van der Waals surface area contributed by atoms with Crippen LogP contribution in [0, 0.1) is 0 Å². The zero-order chi connectivity index (χ0) is 33.6. The zero-order valence-corrected chi connectivity index (χ0v) is 29.0. The Labute approximate surface area is 281 Å². The average molecular weight is 684 g/mol. The largest absolute Gasteiger partial charge is 0.432 e. The Morgan fingerprint density at radius 1 is 1.04 bits per heavy atom. The smallest absolute Gasteiger partial charge is 0.408 e. The molecular formula is C33H45N7O5S2. The van der Waals surface area contributed by atoms with Crippen molar-refractivity contribution in [2.45, 2.75) is 81.8 Å². The second-order valence-corrected chi connectivity index (χ2v) is 15.9. The van der Waals surface area contributed by atoms with E-state index in [2.05, 4.69) is 25.7 Å². The van der Waals surface area contributed by atoms with Crippen LogP contribution < -0.4 is 20.7 Å². The fourth-order valence-corrected chi connectivity index (χ4v) is 8.68. The highest BCUT2D eigenvalue weighted by molar-refractivity contribution is 7.89. The van der Waals surface area contributed by atoms with Crippen molar-refractivity contribution in [2.24, 2.45) is 0 Å². The maximum absolute atomic E-state index is 13.7. The number of hydrogen-bond acceptors (Lipinski definition) is 9. The van der Waals surface area contributed by atoms with E-state index in [0.29, 0.717) is 17.8 Å². The summed E-state index contributed by atoms with van der Waals surface area (Å²) in [5.74, 6) is 0.211. The van der Waals surface area contributed by atoms with Gasteiger partial charge >= 0.3 is 12.1 Å². The van der Waals surface area contributed by atoms with E-state index in [9.17, 15) is 18.0 Å². The van der Waals surface area contributed by atoms with Crippen molar-refractivity contribution in [1.29, 1.82) is 0 Å². The third kappa shape index (κ3) is 9.73. The SMILES string of the molecule is CN1CCCN1COC(=O)N[C@H]1CC[C@H](c2ncc(-c3ccc(NC(=O)NCc4ccccc4)cc3S(=O)(=O)NC(C)(C)C)s2)CC1. The van der Waals surface area contributed by atoms with E-state index in [4.69, 9.17) is 9.72 Å². The van der Waals surface area contributed by atoms with Gasteiger partial charge in [0.15, 0.2) is 6.73 Å². The maximum Gasteiger partial charge on any atom is 0.408 e. The van der Waals surface area contributed by atoms with Gasteiger partial charge in [0.25, 0.3) is 0 Å². The molecule has 14 heteroatoms. The second kappa shape index (κ2) is 15.1. The van der Waals surface area contributed by atoms with Gasteiger partial charge in [0, 0.05) is 61.6 Å². The summed E-state index contributed by atoms with van der Waals surface area (Å²) in [6.45, 7) is 7.79. The fourth-order valence-electron chi connectivity index (χ4n) is 5.82. The van der Waals surface area contributed by atoms with Crippen LogP contribution in [-0.2, 0) is 21.3 Å². The van der Waals surface area contributed by atoms with E-state index in [1.54, 1.807) is 39.1 Å². The molecule has 1 aliphatic heterocycles. The molecule has 3 amide bonds. The number of sulfonamides is 1. The number of thiazole rings is 1. The van der Waals surface area contributed by atoms with Gasteiger partial charge in [-0.2, -0.15) is 0 Å². The number of carbonyl (C=O) groups excluding carboxylic acids is 2. The Kier molecular flexibility index (Phi) is 11.2. The summed E-state index contributed by atoms with van der Waals surface area (Å²) in [5, 5.41) is 13.6. The Morgan fingerprint density at radius 3 is 2.47 bits per heavy atom. The molecule has 12 nitrogen and oxygen atoms in total. The molecular weight excluding hydrogens is 639 g/mol. The topological polar surface area (TPSA) is 145 Å². The highest BCUT2D eigenvalue weighted by Gasteiger charge is 2.29. The van der Waals surface area contributed by atoms with Crippen LogP contribution in [0.2, 0.25) is 0 Å². The molecule has 2 heterocycles. The van der Waals surface area contributed by atoms with E-state index in [0.717, 1.165) is 60.6 Å². The van der Waals surface area contributed by atoms with Gasteiger partial charge in [-0.05, 0) is 70.6 Å². The third-order valence-electron chi connectivity index (χ3n) is 8.18. The van der Waals surface area contributed by atoms with Crippen molar-refractivity contribution < 1.29 is 22.7 Å². The van der Waals surface area contributed by atoms with E-state index < -0.39 is 27.7 Å². The van der Waals surface area contributed by atoms with Gasteiger partial charge < -0.3 is 20.7 Å². The van der Waals surface area contributed by atoms with Gasteiger partial charge in [0.1, 0.15) is 0 Å². The molecule has 2 fully saturated rings. The van der Waals surface area contributed by atoms with Crippen LogP contribution in [0.1, 0.15) is 69.4 Å². The zero-order valence-electron chi connectivity index (χ0n) is 27.4. The second-order valence-electron chi connectivity index (χ2n) is 13.1. The predicted molar refractivity (Wildman–Crippen MR) is 183 cm³/mol. The Bertz CT molecular complexity index is 1630. The number of ether oxygens (including phenoxy) is 1. The molecule has 4 N–H and O–H groups in total. The number of urea groups is 1. The van der Waals surface area contributed by atoms with Gasteiger partial charge in [-0.15, -0.1) is 11.3 Å². The molecule has 0 unspecified atom stereocenters. The quantitative estimate of drug-likeness (QED) is 0.220. The Balaban J connectivity index is 1.24. The predicted octanol–water partition coefficient (Wildman–Crippen LogP) is 5.47. The lowest BCUT2D eigenvalue weighted by molar-refractivity contribution is -0.0318. The molecule has 0 spiro atoms. The summed E-state index contributed by atoms with van der Waals surface area (Å²) < 4.78 is 35.5. The van der Waals surface area contributed by atoms with Crippen LogP contribution in [0.4, 0.5) is 15.3 Å². The van der Waals surface area contributed by atoms with Crippen LogP contribution in [0.3, 0.4) is 0 Å². The van der Waals surface area contributed by atoms with E-state index in [1.165, 1.54) is 17.4 Å². The van der Waals surface area contributed by atoms with Gasteiger partial charge in [0.05, 0.1) is 14.8 Å². The summed E-state index contributed by atoms with van der Waals surface area (Å²) in [6.07, 6.45) is 5.71. The first-order valence-corrected chi connectivity index (χ1v) is 18.3. The molecule has 1 saturated heterocycles. The van der Waals surface area contributed by atoms with Crippen molar-refractivity contribution in [3.8, 4) is 10.4 Å². The average Bonchev–Trinajstić information content (AvgIpc) is 3.68. The van der Waals surface area contributed by atoms with Crippen LogP contribution in [0.15, 0.2) is 59.6 Å². The number of anilines is 1. The first-order chi connectivity index (χ1) is 22.4. The van der Waals surface area contributed by atoms with Crippen LogP contribution in [0.25, 0.3) is 10.4 Å². The molecule has 1 saturated carbocycles. The molecule has 0 bridgehead atoms. The summed E-state index contributed by atoms with van der Waals surface area (Å²) in [4.78, 5) is 30.5. The molecule has 254 valence electrons. The first-order valence-electron chi connectivity index (χ1n) is 16.0. The van der Waals surface area contributed by atoms with Crippen LogP contribution in [-0.4, -0.2) is 74.0 Å². The molecule has 2 aliphatic rings. The highest BCUT2D eigenvalue weighted by Crippen LogP contribution is 2.40. The Morgan fingerprint density at radius 2 is 1.79 bits per heavy atom. The van der Waals surface area contributed by atoms with Gasteiger partial charge in [0.2, 0.25) is 10.0 Å². The van der Waals surface area contributed by atoms with E-state index >= 15 is 0 Å². The minimum atomic E-state index is -3.96. The Hall–Kier alpha value is -3.56. The number of carbonyl (C=O) groups is 2. The number of aromatic nitrogens is 1. The van der Waals surface area contributed by atoms with Crippen LogP contribution >= 0.6 is 11.3 Å². The van der Waals surface area contributed by atoms with Gasteiger partial charge in [-0.3, -0.25) is 0 Å². The number of alkyl carbamates (subject to hydrolysis) is 1. The van der Waals surface area contributed by atoms with Crippen LogP contribution in [0.5, 0.6) is 0 Å². The highest BCUT2D eigenvalue weighted by atomic mass is 32.2. The number of nitrogens with one attached hydrogen (secondary N) is 4. The number of amides is 3. The molecule has 0 atom stereocenters. The maximum atomic E-state index is 13.7. The number of rotatable bonds is 10. The minimum Gasteiger partial charge on any atom is -0.432 e. The lowest BCUT2D eigenvalue weighted by Gasteiger charge is -2.28. The molecule has 1 aliphatic carbocycles. The summed E-state index contributed by atoms with van der Waals surface area (Å²) >= 11 is 1.48. The van der Waals surface area contributed by atoms with Crippen molar-refractivity contribution in [3.05, 3.63) is 65.3 Å². The minimum absolute atomic E-state index is 0.0413. The van der Waals surface area contributed by atoms with Crippen molar-refractivity contribution in [3.63, 3.8) is 0 Å². The van der Waals surface area contributed by atoms with Gasteiger partial charge in [-0.1, -0.05) is 36.4 Å². The number of benzene rings is 2. The lowest BCUT2D eigenvalue weighted by Crippen LogP contribution is -2.41. The molecule has 0 radical (unpaired) electrons. The van der Waals surface area contributed by atoms with E-state index in [-0.39, 0.29) is 23.6 Å². The standard InChI is InChI=1S/C33H45N7O5S2/c1-33(2,3)38-47(43,44)29-19-26(36-31(41)35-20-23-9-6-5-7-10-23)15-16-27(29)28-21-34-30(46-28)24-11-13-25(14-12-24)37-32(42)45-22-40-18-8-17-39(40)4/h5-7,9-10,15-16,19,21,24-25,38H,8,11-14,17-18,20,22H2,1-4H3,(H,37,42)(H2,35,36,41)/t24-,25-. The normalized spacial score (nSPS) is 19.3. The fraction of sp³-hybridized carbons (Fsp3) is 0.485. The third-order valence-corrected chi connectivity index (χ3v) is 11.2. The molecule has 5 rings (SSSR count). The number of hydrazine groups is 1. The lowest BCUT2D eigenvalue weighted by atomic mass is 9.86. The van der Waals surface area contributed by atoms with Crippen molar-refractivity contribution in [1.82, 2.24) is 30.4 Å². The van der Waals surface area contributed by atoms with Gasteiger partial charge in [-0.25, -0.2) is 37.7 Å². The van der Waals surface area contributed by atoms with Crippen molar-refractivity contribution >= 4 is 39.2 Å². The molecule has 47 heavy (non-hydrogen) atoms. The summed E-state index contributed by atoms with van der Waals surface area (Å²) in [6, 6.07) is 14.0. The number of nitrogens with zero attached hydrogens (tertiary/aromatic N) is 3. The summed E-state index contributed by atoms with van der Waals surface area (Å²) in [7, 11) is -1.97.